The minimum absolute atomic E-state index is 0. The quantitative estimate of drug-likeness (QED) is 0.192. The van der Waals surface area contributed by atoms with Crippen LogP contribution >= 0.6 is 24.0 Å². The summed E-state index contributed by atoms with van der Waals surface area (Å²) in [6.07, 6.45) is 2.13. The lowest BCUT2D eigenvalue weighted by atomic mass is 10.2. The second-order valence-electron chi connectivity index (χ2n) is 6.34. The van der Waals surface area contributed by atoms with Gasteiger partial charge < -0.3 is 25.2 Å². The van der Waals surface area contributed by atoms with E-state index in [0.29, 0.717) is 0 Å². The van der Waals surface area contributed by atoms with Crippen molar-refractivity contribution in [1.82, 2.24) is 15.5 Å². The van der Waals surface area contributed by atoms with Crippen molar-refractivity contribution >= 4 is 35.6 Å². The summed E-state index contributed by atoms with van der Waals surface area (Å²) in [6.45, 7) is 8.90. The minimum Gasteiger partial charge on any atom is -0.385 e. The van der Waals surface area contributed by atoms with Gasteiger partial charge in [-0.1, -0.05) is 18.2 Å². The van der Waals surface area contributed by atoms with Gasteiger partial charge in [-0.25, -0.2) is 0 Å². The van der Waals surface area contributed by atoms with Crippen molar-refractivity contribution in [1.29, 1.82) is 0 Å². The molecule has 0 unspecified atom stereocenters. The molecule has 0 bridgehead atoms. The SMILES string of the molecule is CCN(CCCNC(=NC)NCCN(C)CCCOC)c1ccccc1.I. The maximum Gasteiger partial charge on any atom is 0.191 e. The Labute approximate surface area is 182 Å². The fourth-order valence-corrected chi connectivity index (χ4v) is 2.76. The van der Waals surface area contributed by atoms with E-state index in [0.717, 1.165) is 64.7 Å². The summed E-state index contributed by atoms with van der Waals surface area (Å²) in [5, 5.41) is 6.78. The molecule has 0 aliphatic heterocycles. The van der Waals surface area contributed by atoms with Gasteiger partial charge in [-0.3, -0.25) is 4.99 Å². The van der Waals surface area contributed by atoms with Gasteiger partial charge in [0.25, 0.3) is 0 Å². The van der Waals surface area contributed by atoms with Gasteiger partial charge in [0.2, 0.25) is 0 Å². The number of nitrogens with one attached hydrogen (secondary N) is 2. The largest absolute Gasteiger partial charge is 0.385 e. The number of para-hydroxylation sites is 1. The second kappa shape index (κ2) is 17.1. The number of ether oxygens (including phenoxy) is 1. The van der Waals surface area contributed by atoms with Crippen LogP contribution in [-0.4, -0.2) is 77.9 Å². The molecule has 1 aromatic carbocycles. The first kappa shape index (κ1) is 25.9. The Morgan fingerprint density at radius 2 is 1.74 bits per heavy atom. The zero-order chi connectivity index (χ0) is 19.0. The molecule has 0 aliphatic carbocycles. The number of guanidine groups is 1. The Kier molecular flexibility index (Phi) is 16.4. The number of methoxy groups -OCH3 is 1. The smallest absolute Gasteiger partial charge is 0.191 e. The molecule has 0 aliphatic rings. The Hall–Kier alpha value is -1.06. The fourth-order valence-electron chi connectivity index (χ4n) is 2.76. The average Bonchev–Trinajstić information content (AvgIpc) is 2.67. The molecule has 7 heteroatoms. The molecule has 0 fully saturated rings. The topological polar surface area (TPSA) is 52.1 Å². The fraction of sp³-hybridized carbons (Fsp3) is 0.650. The van der Waals surface area contributed by atoms with Crippen molar-refractivity contribution < 1.29 is 4.74 Å². The van der Waals surface area contributed by atoms with Gasteiger partial charge in [0, 0.05) is 65.7 Å². The normalized spacial score (nSPS) is 11.2. The predicted molar refractivity (Wildman–Crippen MR) is 128 cm³/mol. The molecule has 0 saturated heterocycles. The maximum atomic E-state index is 5.09. The average molecular weight is 491 g/mol. The molecule has 0 spiro atoms. The number of likely N-dealkylation sites (N-methyl/N-ethyl adjacent to an activating group) is 1. The van der Waals surface area contributed by atoms with Crippen LogP contribution in [0.4, 0.5) is 5.69 Å². The molecular formula is C20H38IN5O. The molecular weight excluding hydrogens is 453 g/mol. The number of hydrogen-bond donors (Lipinski definition) is 2. The lowest BCUT2D eigenvalue weighted by Gasteiger charge is -2.23. The zero-order valence-electron chi connectivity index (χ0n) is 17.4. The number of halogens is 1. The highest BCUT2D eigenvalue weighted by molar-refractivity contribution is 14.0. The number of benzene rings is 1. The summed E-state index contributed by atoms with van der Waals surface area (Å²) in [6, 6.07) is 10.6. The molecule has 156 valence electrons. The lowest BCUT2D eigenvalue weighted by molar-refractivity contribution is 0.180. The Morgan fingerprint density at radius 1 is 1.04 bits per heavy atom. The van der Waals surface area contributed by atoms with E-state index >= 15 is 0 Å². The Bertz CT molecular complexity index is 487. The first-order valence-electron chi connectivity index (χ1n) is 9.63. The van der Waals surface area contributed by atoms with Gasteiger partial charge >= 0.3 is 0 Å². The number of anilines is 1. The molecule has 0 aromatic heterocycles. The molecule has 6 nitrogen and oxygen atoms in total. The van der Waals surface area contributed by atoms with Crippen LogP contribution in [0.5, 0.6) is 0 Å². The highest BCUT2D eigenvalue weighted by atomic mass is 127. The first-order valence-corrected chi connectivity index (χ1v) is 9.63. The van der Waals surface area contributed by atoms with E-state index < -0.39 is 0 Å². The summed E-state index contributed by atoms with van der Waals surface area (Å²) >= 11 is 0. The first-order chi connectivity index (χ1) is 12.7. The molecule has 0 atom stereocenters. The van der Waals surface area contributed by atoms with Crippen molar-refractivity contribution in [3.8, 4) is 0 Å². The number of aliphatic imine (C=N–C) groups is 1. The summed E-state index contributed by atoms with van der Waals surface area (Å²) in [5.41, 5.74) is 1.29. The Morgan fingerprint density at radius 3 is 2.37 bits per heavy atom. The number of hydrogen-bond acceptors (Lipinski definition) is 4. The van der Waals surface area contributed by atoms with Gasteiger partial charge in [-0.2, -0.15) is 0 Å². The summed E-state index contributed by atoms with van der Waals surface area (Å²) in [7, 11) is 5.70. The molecule has 1 aromatic rings. The van der Waals surface area contributed by atoms with Crippen molar-refractivity contribution in [3.63, 3.8) is 0 Å². The van der Waals surface area contributed by atoms with E-state index in [1.165, 1.54) is 5.69 Å². The zero-order valence-corrected chi connectivity index (χ0v) is 19.7. The van der Waals surface area contributed by atoms with Crippen LogP contribution < -0.4 is 15.5 Å². The van der Waals surface area contributed by atoms with Crippen LogP contribution in [0, 0.1) is 0 Å². The summed E-state index contributed by atoms with van der Waals surface area (Å²) in [5.74, 6) is 0.873. The van der Waals surface area contributed by atoms with E-state index in [2.05, 4.69) is 69.7 Å². The number of nitrogens with zero attached hydrogens (tertiary/aromatic N) is 3. The van der Waals surface area contributed by atoms with E-state index in [9.17, 15) is 0 Å². The summed E-state index contributed by atoms with van der Waals surface area (Å²) < 4.78 is 5.09. The van der Waals surface area contributed by atoms with Crippen molar-refractivity contribution in [2.45, 2.75) is 19.8 Å². The van der Waals surface area contributed by atoms with Crippen LogP contribution in [0.2, 0.25) is 0 Å². The van der Waals surface area contributed by atoms with E-state index in [4.69, 9.17) is 4.74 Å². The monoisotopic (exact) mass is 491 g/mol. The molecule has 0 saturated carbocycles. The molecule has 2 N–H and O–H groups in total. The molecule has 1 rings (SSSR count). The van der Waals surface area contributed by atoms with Crippen molar-refractivity contribution in [2.24, 2.45) is 4.99 Å². The highest BCUT2D eigenvalue weighted by Crippen LogP contribution is 2.12. The molecule has 0 radical (unpaired) electrons. The second-order valence-corrected chi connectivity index (χ2v) is 6.34. The third-order valence-electron chi connectivity index (χ3n) is 4.30. The van der Waals surface area contributed by atoms with Crippen LogP contribution in [0.1, 0.15) is 19.8 Å². The molecule has 0 heterocycles. The third-order valence-corrected chi connectivity index (χ3v) is 4.30. The minimum atomic E-state index is 0. The van der Waals surface area contributed by atoms with Crippen LogP contribution in [-0.2, 0) is 4.74 Å². The standard InChI is InChI=1S/C20H37N5O.HI/c1-5-25(19-11-7-6-8-12-19)16-9-13-22-20(21-2)23-14-17-24(3)15-10-18-26-4;/h6-8,11-12H,5,9-10,13-18H2,1-4H3,(H2,21,22,23);1H. The maximum absolute atomic E-state index is 5.09. The van der Waals surface area contributed by atoms with Gasteiger partial charge in [-0.05, 0) is 38.9 Å². The van der Waals surface area contributed by atoms with Gasteiger partial charge in [-0.15, -0.1) is 24.0 Å². The van der Waals surface area contributed by atoms with Gasteiger partial charge in [0.1, 0.15) is 0 Å². The third kappa shape index (κ3) is 12.1. The van der Waals surface area contributed by atoms with Gasteiger partial charge in [0.15, 0.2) is 5.96 Å². The summed E-state index contributed by atoms with van der Waals surface area (Å²) in [4.78, 5) is 9.00. The van der Waals surface area contributed by atoms with E-state index in [1.54, 1.807) is 7.11 Å². The van der Waals surface area contributed by atoms with E-state index in [-0.39, 0.29) is 24.0 Å². The van der Waals surface area contributed by atoms with Crippen LogP contribution in [0.15, 0.2) is 35.3 Å². The van der Waals surface area contributed by atoms with Crippen molar-refractivity contribution in [3.05, 3.63) is 30.3 Å². The van der Waals surface area contributed by atoms with E-state index in [1.807, 2.05) is 7.05 Å². The molecule has 27 heavy (non-hydrogen) atoms. The predicted octanol–water partition coefficient (Wildman–Crippen LogP) is 2.65. The lowest BCUT2D eigenvalue weighted by Crippen LogP contribution is -2.42. The Balaban J connectivity index is 0.00000676. The van der Waals surface area contributed by atoms with Crippen LogP contribution in [0.3, 0.4) is 0 Å². The van der Waals surface area contributed by atoms with Gasteiger partial charge in [0.05, 0.1) is 0 Å². The highest BCUT2D eigenvalue weighted by Gasteiger charge is 2.04. The van der Waals surface area contributed by atoms with Crippen LogP contribution in [0.25, 0.3) is 0 Å². The van der Waals surface area contributed by atoms with Crippen molar-refractivity contribution in [2.75, 3.05) is 72.0 Å². The molecule has 0 amide bonds. The number of rotatable bonds is 13.